The third-order valence-electron chi connectivity index (χ3n) is 6.08. The van der Waals surface area contributed by atoms with Crippen LogP contribution in [0.15, 0.2) is 53.2 Å². The predicted molar refractivity (Wildman–Crippen MR) is 124 cm³/mol. The van der Waals surface area contributed by atoms with E-state index in [1.807, 2.05) is 12.1 Å². The van der Waals surface area contributed by atoms with Crippen molar-refractivity contribution in [2.75, 3.05) is 5.32 Å². The maximum Gasteiger partial charge on any atom is 0.336 e. The van der Waals surface area contributed by atoms with Gasteiger partial charge >= 0.3 is 5.97 Å². The number of rotatable bonds is 5. The summed E-state index contributed by atoms with van der Waals surface area (Å²) in [5, 5.41) is 7.52. The molecule has 2 N–H and O–H groups in total. The SMILES string of the molecule is CC[C@H]1CCc2c(sc3c2C(=O)N[C@H](c2ccc(OC(=O)/C=C/c4ccco4)cc2)N3)C1. The molecule has 5 rings (SSSR count). The first kappa shape index (κ1) is 20.6. The van der Waals surface area contributed by atoms with Gasteiger partial charge in [-0.1, -0.05) is 25.5 Å². The van der Waals surface area contributed by atoms with Gasteiger partial charge < -0.3 is 19.8 Å². The average Bonchev–Trinajstić information content (AvgIpc) is 3.45. The molecule has 3 aromatic rings. The Hall–Kier alpha value is -3.32. The highest BCUT2D eigenvalue weighted by Crippen LogP contribution is 2.43. The molecule has 0 fully saturated rings. The Morgan fingerprint density at radius 3 is 2.84 bits per heavy atom. The molecule has 1 amide bonds. The molecular weight excluding hydrogens is 424 g/mol. The minimum Gasteiger partial charge on any atom is -0.465 e. The third kappa shape index (κ3) is 4.08. The number of esters is 1. The Bertz CT molecular complexity index is 1160. The molecule has 2 aliphatic rings. The van der Waals surface area contributed by atoms with Gasteiger partial charge in [-0.3, -0.25) is 4.79 Å². The van der Waals surface area contributed by atoms with Gasteiger partial charge in [-0.2, -0.15) is 0 Å². The Morgan fingerprint density at radius 2 is 2.09 bits per heavy atom. The summed E-state index contributed by atoms with van der Waals surface area (Å²) < 4.78 is 10.5. The van der Waals surface area contributed by atoms with Crippen molar-refractivity contribution in [2.24, 2.45) is 5.92 Å². The normalized spacial score (nSPS) is 19.7. The summed E-state index contributed by atoms with van der Waals surface area (Å²) in [5.74, 6) is 1.22. The first-order valence-electron chi connectivity index (χ1n) is 10.9. The zero-order valence-electron chi connectivity index (χ0n) is 17.7. The molecule has 0 spiro atoms. The van der Waals surface area contributed by atoms with Crippen molar-refractivity contribution < 1.29 is 18.7 Å². The molecular formula is C25H24N2O4S. The number of amides is 1. The van der Waals surface area contributed by atoms with Crippen molar-refractivity contribution in [3.63, 3.8) is 0 Å². The van der Waals surface area contributed by atoms with Crippen LogP contribution in [0, 0.1) is 5.92 Å². The molecule has 6 nitrogen and oxygen atoms in total. The summed E-state index contributed by atoms with van der Waals surface area (Å²) in [6.45, 7) is 2.24. The van der Waals surface area contributed by atoms with Crippen LogP contribution < -0.4 is 15.4 Å². The number of hydrogen-bond donors (Lipinski definition) is 2. The largest absolute Gasteiger partial charge is 0.465 e. The van der Waals surface area contributed by atoms with Crippen molar-refractivity contribution in [3.05, 3.63) is 76.1 Å². The van der Waals surface area contributed by atoms with Gasteiger partial charge in [-0.05, 0) is 66.6 Å². The number of ether oxygens (including phenoxy) is 1. The molecule has 0 radical (unpaired) electrons. The number of fused-ring (bicyclic) bond motifs is 3. The summed E-state index contributed by atoms with van der Waals surface area (Å²) >= 11 is 1.72. The monoisotopic (exact) mass is 448 g/mol. The highest BCUT2D eigenvalue weighted by molar-refractivity contribution is 7.16. The number of hydrogen-bond acceptors (Lipinski definition) is 6. The number of nitrogens with one attached hydrogen (secondary N) is 2. The molecule has 32 heavy (non-hydrogen) atoms. The molecule has 2 aromatic heterocycles. The van der Waals surface area contributed by atoms with E-state index >= 15 is 0 Å². The summed E-state index contributed by atoms with van der Waals surface area (Å²) in [6.07, 6.45) is 8.47. The first-order chi connectivity index (χ1) is 15.6. The standard InChI is InChI=1S/C25H24N2O4S/c1-2-15-5-11-19-20(14-15)32-25-22(19)24(29)26-23(27-25)16-6-8-18(9-7-16)31-21(28)12-10-17-4-3-13-30-17/h3-4,6-10,12-13,15,23,27H,2,5,11,14H2,1H3,(H,26,29)/b12-10+/t15-,23-/m0/s1. The van der Waals surface area contributed by atoms with E-state index in [2.05, 4.69) is 17.6 Å². The number of furan rings is 1. The Labute approximate surface area is 190 Å². The van der Waals surface area contributed by atoms with Gasteiger partial charge in [0, 0.05) is 11.0 Å². The second kappa shape index (κ2) is 8.67. The summed E-state index contributed by atoms with van der Waals surface area (Å²) in [4.78, 5) is 26.3. The summed E-state index contributed by atoms with van der Waals surface area (Å²) in [7, 11) is 0. The molecule has 0 bridgehead atoms. The molecule has 0 unspecified atom stereocenters. The molecule has 3 heterocycles. The van der Waals surface area contributed by atoms with Gasteiger partial charge in [-0.25, -0.2) is 4.79 Å². The van der Waals surface area contributed by atoms with Crippen LogP contribution in [-0.4, -0.2) is 11.9 Å². The Kier molecular flexibility index (Phi) is 5.57. The van der Waals surface area contributed by atoms with E-state index in [1.165, 1.54) is 29.2 Å². The fraction of sp³-hybridized carbons (Fsp3) is 0.280. The lowest BCUT2D eigenvalue weighted by atomic mass is 9.85. The van der Waals surface area contributed by atoms with Gasteiger partial charge in [0.05, 0.1) is 11.8 Å². The van der Waals surface area contributed by atoms with E-state index in [1.54, 1.807) is 41.7 Å². The summed E-state index contributed by atoms with van der Waals surface area (Å²) in [5.41, 5.74) is 2.94. The van der Waals surface area contributed by atoms with Crippen LogP contribution >= 0.6 is 11.3 Å². The van der Waals surface area contributed by atoms with Crippen molar-refractivity contribution in [3.8, 4) is 5.75 Å². The van der Waals surface area contributed by atoms with E-state index in [9.17, 15) is 9.59 Å². The fourth-order valence-electron chi connectivity index (χ4n) is 4.30. The molecule has 1 aliphatic heterocycles. The van der Waals surface area contributed by atoms with Crippen LogP contribution in [0.3, 0.4) is 0 Å². The zero-order chi connectivity index (χ0) is 22.1. The van der Waals surface area contributed by atoms with E-state index < -0.39 is 5.97 Å². The zero-order valence-corrected chi connectivity index (χ0v) is 18.5. The van der Waals surface area contributed by atoms with Crippen molar-refractivity contribution in [2.45, 2.75) is 38.8 Å². The number of benzene rings is 1. The molecule has 164 valence electrons. The smallest absolute Gasteiger partial charge is 0.336 e. The van der Waals surface area contributed by atoms with Crippen molar-refractivity contribution in [1.82, 2.24) is 5.32 Å². The lowest BCUT2D eigenvalue weighted by Gasteiger charge is -2.27. The molecule has 0 saturated heterocycles. The van der Waals surface area contributed by atoms with Crippen molar-refractivity contribution in [1.29, 1.82) is 0 Å². The molecule has 7 heteroatoms. The minimum atomic E-state index is -0.488. The van der Waals surface area contributed by atoms with Crippen LogP contribution in [0.5, 0.6) is 5.75 Å². The maximum atomic E-state index is 12.9. The number of thiophene rings is 1. The highest BCUT2D eigenvalue weighted by Gasteiger charge is 2.33. The first-order valence-corrected chi connectivity index (χ1v) is 11.7. The molecule has 1 aromatic carbocycles. The van der Waals surface area contributed by atoms with Crippen LogP contribution in [0.2, 0.25) is 0 Å². The quantitative estimate of drug-likeness (QED) is 0.313. The molecule has 0 saturated carbocycles. The summed E-state index contributed by atoms with van der Waals surface area (Å²) in [6, 6.07) is 10.6. The van der Waals surface area contributed by atoms with E-state index in [-0.39, 0.29) is 12.1 Å². The van der Waals surface area contributed by atoms with E-state index in [0.29, 0.717) is 17.4 Å². The van der Waals surface area contributed by atoms with Gasteiger partial charge in [0.2, 0.25) is 0 Å². The van der Waals surface area contributed by atoms with Crippen LogP contribution in [0.25, 0.3) is 6.08 Å². The van der Waals surface area contributed by atoms with Gasteiger partial charge in [0.15, 0.2) is 0 Å². The lowest BCUT2D eigenvalue weighted by Crippen LogP contribution is -2.38. The fourth-order valence-corrected chi connectivity index (χ4v) is 5.68. The van der Waals surface area contributed by atoms with E-state index in [4.69, 9.17) is 9.15 Å². The second-order valence-corrected chi connectivity index (χ2v) is 9.22. The number of carbonyl (C=O) groups is 2. The molecule has 2 atom stereocenters. The van der Waals surface area contributed by atoms with Crippen LogP contribution in [-0.2, 0) is 17.6 Å². The highest BCUT2D eigenvalue weighted by atomic mass is 32.1. The van der Waals surface area contributed by atoms with Gasteiger partial charge in [-0.15, -0.1) is 11.3 Å². The predicted octanol–water partition coefficient (Wildman–Crippen LogP) is 5.33. The second-order valence-electron chi connectivity index (χ2n) is 8.11. The van der Waals surface area contributed by atoms with Crippen LogP contribution in [0.1, 0.15) is 58.1 Å². The van der Waals surface area contributed by atoms with Gasteiger partial charge in [0.25, 0.3) is 5.91 Å². The lowest BCUT2D eigenvalue weighted by molar-refractivity contribution is -0.128. The van der Waals surface area contributed by atoms with Crippen LogP contribution in [0.4, 0.5) is 5.00 Å². The van der Waals surface area contributed by atoms with Gasteiger partial charge in [0.1, 0.15) is 22.7 Å². The maximum absolute atomic E-state index is 12.9. The number of carbonyl (C=O) groups excluding carboxylic acids is 2. The average molecular weight is 449 g/mol. The van der Waals surface area contributed by atoms with E-state index in [0.717, 1.165) is 35.4 Å². The third-order valence-corrected chi connectivity index (χ3v) is 7.27. The number of anilines is 1. The van der Waals surface area contributed by atoms with Crippen molar-refractivity contribution >= 4 is 34.3 Å². The topological polar surface area (TPSA) is 80.6 Å². The Morgan fingerprint density at radius 1 is 1.25 bits per heavy atom. The Balaban J connectivity index is 1.27. The molecule has 1 aliphatic carbocycles. The minimum absolute atomic E-state index is 0.0187.